The molecule has 0 saturated heterocycles. The van der Waals surface area contributed by atoms with Crippen LogP contribution in [0.3, 0.4) is 0 Å². The summed E-state index contributed by atoms with van der Waals surface area (Å²) in [5, 5.41) is 8.93. The summed E-state index contributed by atoms with van der Waals surface area (Å²) in [6.45, 7) is 2.63. The number of amides is 1. The minimum Gasteiger partial charge on any atom is -0.351 e. The fraction of sp³-hybridized carbons (Fsp3) is 0.150. The number of thiazole rings is 2. The number of aromatic nitrogens is 2. The second-order valence-electron chi connectivity index (χ2n) is 6.02. The normalized spacial score (nSPS) is 10.9. The van der Waals surface area contributed by atoms with Crippen molar-refractivity contribution in [2.75, 3.05) is 6.54 Å². The lowest BCUT2D eigenvalue weighted by atomic mass is 10.2. The standard InChI is InChI=1S/C20H17N3OS3/c1-13-4-6-14(7-5-13)19-23-15(12-26-19)8-9-21-18(24)17-11-22-20(27-17)16-3-2-10-25-16/h2-7,10-12H,8-9H2,1H3,(H,21,24). The van der Waals surface area contributed by atoms with Gasteiger partial charge in [-0.2, -0.15) is 0 Å². The summed E-state index contributed by atoms with van der Waals surface area (Å²) < 4.78 is 0. The molecule has 0 unspecified atom stereocenters. The first-order chi connectivity index (χ1) is 13.2. The zero-order chi connectivity index (χ0) is 18.6. The molecule has 0 aliphatic rings. The van der Waals surface area contributed by atoms with E-state index in [2.05, 4.69) is 51.9 Å². The Morgan fingerprint density at radius 3 is 2.74 bits per heavy atom. The fourth-order valence-electron chi connectivity index (χ4n) is 2.53. The number of nitrogens with zero attached hydrogens (tertiary/aromatic N) is 2. The quantitative estimate of drug-likeness (QED) is 0.470. The van der Waals surface area contributed by atoms with Gasteiger partial charge in [-0.1, -0.05) is 35.9 Å². The zero-order valence-corrected chi connectivity index (χ0v) is 17.1. The van der Waals surface area contributed by atoms with Crippen molar-refractivity contribution in [3.63, 3.8) is 0 Å². The Morgan fingerprint density at radius 1 is 1.11 bits per heavy atom. The maximum absolute atomic E-state index is 12.3. The predicted octanol–water partition coefficient (Wildman–Crippen LogP) is 5.28. The third-order valence-corrected chi connectivity index (χ3v) is 6.95. The van der Waals surface area contributed by atoms with Crippen LogP contribution in [0.15, 0.2) is 53.4 Å². The SMILES string of the molecule is Cc1ccc(-c2nc(CCNC(=O)c3cnc(-c4cccs4)s3)cs2)cc1. The van der Waals surface area contributed by atoms with Gasteiger partial charge in [-0.25, -0.2) is 9.97 Å². The topological polar surface area (TPSA) is 54.9 Å². The molecular formula is C20H17N3OS3. The van der Waals surface area contributed by atoms with Gasteiger partial charge in [-0.3, -0.25) is 4.79 Å². The smallest absolute Gasteiger partial charge is 0.263 e. The minimum atomic E-state index is -0.0794. The average molecular weight is 412 g/mol. The van der Waals surface area contributed by atoms with Crippen LogP contribution in [0.5, 0.6) is 0 Å². The lowest BCUT2D eigenvalue weighted by molar-refractivity contribution is 0.0958. The Hall–Kier alpha value is -2.35. The highest BCUT2D eigenvalue weighted by atomic mass is 32.1. The zero-order valence-electron chi connectivity index (χ0n) is 14.6. The van der Waals surface area contributed by atoms with Gasteiger partial charge >= 0.3 is 0 Å². The van der Waals surface area contributed by atoms with Crippen LogP contribution in [0, 0.1) is 6.92 Å². The number of benzene rings is 1. The summed E-state index contributed by atoms with van der Waals surface area (Å²) in [6, 6.07) is 12.4. The second kappa shape index (κ2) is 8.12. The first-order valence-electron chi connectivity index (χ1n) is 8.48. The molecule has 0 spiro atoms. The molecule has 1 aromatic carbocycles. The number of carbonyl (C=O) groups is 1. The van der Waals surface area contributed by atoms with Crippen LogP contribution >= 0.6 is 34.0 Å². The van der Waals surface area contributed by atoms with Gasteiger partial charge in [-0.05, 0) is 18.4 Å². The molecule has 1 N–H and O–H groups in total. The molecule has 0 aliphatic carbocycles. The molecule has 0 bridgehead atoms. The van der Waals surface area contributed by atoms with E-state index >= 15 is 0 Å². The maximum atomic E-state index is 12.3. The maximum Gasteiger partial charge on any atom is 0.263 e. The summed E-state index contributed by atoms with van der Waals surface area (Å²) in [6.07, 6.45) is 2.36. The average Bonchev–Trinajstić information content (AvgIpc) is 3.43. The van der Waals surface area contributed by atoms with Crippen molar-refractivity contribution in [2.24, 2.45) is 0 Å². The van der Waals surface area contributed by atoms with E-state index in [1.807, 2.05) is 17.5 Å². The molecule has 1 amide bonds. The minimum absolute atomic E-state index is 0.0794. The van der Waals surface area contributed by atoms with E-state index in [9.17, 15) is 4.79 Å². The van der Waals surface area contributed by atoms with Crippen molar-refractivity contribution in [3.8, 4) is 20.5 Å². The Labute approximate surface area is 169 Å². The molecule has 7 heteroatoms. The van der Waals surface area contributed by atoms with Gasteiger partial charge < -0.3 is 5.32 Å². The molecule has 3 heterocycles. The summed E-state index contributed by atoms with van der Waals surface area (Å²) in [5.41, 5.74) is 3.37. The van der Waals surface area contributed by atoms with Crippen molar-refractivity contribution in [3.05, 3.63) is 69.5 Å². The molecule has 4 aromatic rings. The number of hydrogen-bond donors (Lipinski definition) is 1. The Morgan fingerprint density at radius 2 is 1.96 bits per heavy atom. The number of thiophene rings is 1. The lowest BCUT2D eigenvalue weighted by Gasteiger charge is -2.01. The summed E-state index contributed by atoms with van der Waals surface area (Å²) in [5.74, 6) is -0.0794. The highest BCUT2D eigenvalue weighted by Crippen LogP contribution is 2.29. The number of hydrogen-bond acceptors (Lipinski definition) is 6. The van der Waals surface area contributed by atoms with Crippen LogP contribution in [0.4, 0.5) is 0 Å². The predicted molar refractivity (Wildman–Crippen MR) is 114 cm³/mol. The van der Waals surface area contributed by atoms with E-state index in [1.54, 1.807) is 28.9 Å². The molecule has 4 nitrogen and oxygen atoms in total. The number of carbonyl (C=O) groups excluding carboxylic acids is 1. The molecule has 136 valence electrons. The van der Waals surface area contributed by atoms with Crippen LogP contribution < -0.4 is 5.32 Å². The highest BCUT2D eigenvalue weighted by molar-refractivity contribution is 7.22. The van der Waals surface area contributed by atoms with Crippen molar-refractivity contribution in [2.45, 2.75) is 13.3 Å². The molecule has 0 fully saturated rings. The van der Waals surface area contributed by atoms with E-state index in [0.717, 1.165) is 26.1 Å². The van der Waals surface area contributed by atoms with E-state index in [0.29, 0.717) is 17.8 Å². The Bertz CT molecular complexity index is 1030. The Kier molecular flexibility index (Phi) is 5.42. The molecule has 27 heavy (non-hydrogen) atoms. The third kappa shape index (κ3) is 4.32. The fourth-order valence-corrected chi connectivity index (χ4v) is 5.03. The molecule has 0 radical (unpaired) electrons. The van der Waals surface area contributed by atoms with Crippen molar-refractivity contribution >= 4 is 39.9 Å². The van der Waals surface area contributed by atoms with Gasteiger partial charge in [0, 0.05) is 23.9 Å². The summed E-state index contributed by atoms with van der Waals surface area (Å²) in [4.78, 5) is 23.1. The Balaban J connectivity index is 1.32. The van der Waals surface area contributed by atoms with Gasteiger partial charge in [0.25, 0.3) is 5.91 Å². The summed E-state index contributed by atoms with van der Waals surface area (Å²) >= 11 is 4.68. The van der Waals surface area contributed by atoms with E-state index < -0.39 is 0 Å². The van der Waals surface area contributed by atoms with Crippen LogP contribution in [0.25, 0.3) is 20.5 Å². The van der Waals surface area contributed by atoms with E-state index in [4.69, 9.17) is 0 Å². The van der Waals surface area contributed by atoms with Crippen molar-refractivity contribution < 1.29 is 4.79 Å². The number of rotatable bonds is 6. The molecule has 0 saturated carbocycles. The van der Waals surface area contributed by atoms with Gasteiger partial charge in [-0.15, -0.1) is 34.0 Å². The molecular weight excluding hydrogens is 394 g/mol. The molecule has 0 atom stereocenters. The van der Waals surface area contributed by atoms with Crippen LogP contribution in [0.2, 0.25) is 0 Å². The monoisotopic (exact) mass is 411 g/mol. The molecule has 0 aliphatic heterocycles. The third-order valence-electron chi connectivity index (χ3n) is 3.98. The largest absolute Gasteiger partial charge is 0.351 e. The molecule has 4 rings (SSSR count). The van der Waals surface area contributed by atoms with Crippen LogP contribution in [-0.4, -0.2) is 22.4 Å². The molecule has 3 aromatic heterocycles. The van der Waals surface area contributed by atoms with Crippen molar-refractivity contribution in [1.82, 2.24) is 15.3 Å². The van der Waals surface area contributed by atoms with Gasteiger partial charge in [0.15, 0.2) is 0 Å². The van der Waals surface area contributed by atoms with E-state index in [-0.39, 0.29) is 5.91 Å². The first-order valence-corrected chi connectivity index (χ1v) is 11.1. The lowest BCUT2D eigenvalue weighted by Crippen LogP contribution is -2.24. The van der Waals surface area contributed by atoms with Crippen LogP contribution in [0.1, 0.15) is 20.9 Å². The summed E-state index contributed by atoms with van der Waals surface area (Å²) in [7, 11) is 0. The highest BCUT2D eigenvalue weighted by Gasteiger charge is 2.12. The van der Waals surface area contributed by atoms with Gasteiger partial charge in [0.05, 0.1) is 16.8 Å². The van der Waals surface area contributed by atoms with Crippen molar-refractivity contribution in [1.29, 1.82) is 0 Å². The number of nitrogens with one attached hydrogen (secondary N) is 1. The first kappa shape index (κ1) is 18.0. The van der Waals surface area contributed by atoms with E-state index in [1.165, 1.54) is 16.9 Å². The van der Waals surface area contributed by atoms with Crippen LogP contribution in [-0.2, 0) is 6.42 Å². The number of aryl methyl sites for hydroxylation is 1. The second-order valence-corrected chi connectivity index (χ2v) is 8.86. The van der Waals surface area contributed by atoms with Gasteiger partial charge in [0.1, 0.15) is 14.9 Å². The van der Waals surface area contributed by atoms with Gasteiger partial charge in [0.2, 0.25) is 0 Å².